The smallest absolute Gasteiger partial charge is 0.0185 e. The molecule has 0 heterocycles. The van der Waals surface area contributed by atoms with Crippen molar-refractivity contribution in [2.75, 3.05) is 0 Å². The molecule has 1 aliphatic rings. The van der Waals surface area contributed by atoms with E-state index in [4.69, 9.17) is 0 Å². The molecule has 0 amide bonds. The summed E-state index contributed by atoms with van der Waals surface area (Å²) in [5, 5.41) is 0. The van der Waals surface area contributed by atoms with E-state index in [9.17, 15) is 0 Å². The highest BCUT2D eigenvalue weighted by molar-refractivity contribution is 5.43. The Balaban J connectivity index is 2.60. The average molecular weight is 174 g/mol. The van der Waals surface area contributed by atoms with Crippen LogP contribution in [-0.4, -0.2) is 0 Å². The maximum atomic E-state index is 2.37. The Hall–Kier alpha value is -0.780. The van der Waals surface area contributed by atoms with Crippen molar-refractivity contribution in [2.45, 2.75) is 46.0 Å². The highest BCUT2D eigenvalue weighted by Gasteiger charge is 2.19. The van der Waals surface area contributed by atoms with Crippen molar-refractivity contribution < 1.29 is 0 Å². The van der Waals surface area contributed by atoms with E-state index in [1.807, 2.05) is 0 Å². The van der Waals surface area contributed by atoms with Gasteiger partial charge in [-0.25, -0.2) is 0 Å². The van der Waals surface area contributed by atoms with Crippen molar-refractivity contribution in [3.8, 4) is 0 Å². The van der Waals surface area contributed by atoms with Gasteiger partial charge in [0.25, 0.3) is 0 Å². The van der Waals surface area contributed by atoms with E-state index in [0.717, 1.165) is 5.92 Å². The van der Waals surface area contributed by atoms with E-state index < -0.39 is 0 Å². The monoisotopic (exact) mass is 174 g/mol. The van der Waals surface area contributed by atoms with Gasteiger partial charge in [-0.1, -0.05) is 19.1 Å². The van der Waals surface area contributed by atoms with Crippen LogP contribution in [0.2, 0.25) is 0 Å². The van der Waals surface area contributed by atoms with E-state index in [-0.39, 0.29) is 0 Å². The Bertz CT molecular complexity index is 323. The molecule has 1 aromatic rings. The topological polar surface area (TPSA) is 0 Å². The van der Waals surface area contributed by atoms with Gasteiger partial charge in [-0.15, -0.1) is 0 Å². The minimum Gasteiger partial charge on any atom is -0.0588 e. The zero-order valence-corrected chi connectivity index (χ0v) is 8.85. The lowest BCUT2D eigenvalue weighted by Gasteiger charge is -2.25. The van der Waals surface area contributed by atoms with Crippen LogP contribution in [0.25, 0.3) is 0 Å². The van der Waals surface area contributed by atoms with E-state index in [1.54, 1.807) is 11.1 Å². The summed E-state index contributed by atoms with van der Waals surface area (Å²) in [6.45, 7) is 6.86. The van der Waals surface area contributed by atoms with Gasteiger partial charge in [0.2, 0.25) is 0 Å². The van der Waals surface area contributed by atoms with Gasteiger partial charge < -0.3 is 0 Å². The second-order valence-electron chi connectivity index (χ2n) is 4.38. The maximum absolute atomic E-state index is 2.37. The van der Waals surface area contributed by atoms with Crippen molar-refractivity contribution in [2.24, 2.45) is 0 Å². The van der Waals surface area contributed by atoms with Crippen LogP contribution in [-0.2, 0) is 6.42 Å². The molecule has 0 radical (unpaired) electrons. The highest BCUT2D eigenvalue weighted by atomic mass is 14.2. The van der Waals surface area contributed by atoms with E-state index in [1.165, 1.54) is 30.4 Å². The molecule has 1 unspecified atom stereocenters. The third kappa shape index (κ3) is 1.39. The molecule has 70 valence electrons. The van der Waals surface area contributed by atoms with Crippen LogP contribution in [0.15, 0.2) is 12.1 Å². The molecule has 0 heteroatoms. The molecule has 2 rings (SSSR count). The molecule has 0 saturated carbocycles. The Morgan fingerprint density at radius 2 is 1.85 bits per heavy atom. The summed E-state index contributed by atoms with van der Waals surface area (Å²) in [4.78, 5) is 0. The van der Waals surface area contributed by atoms with Crippen LogP contribution in [0.5, 0.6) is 0 Å². The summed E-state index contributed by atoms with van der Waals surface area (Å²) in [6, 6.07) is 4.54. The first-order chi connectivity index (χ1) is 6.20. The van der Waals surface area contributed by atoms with Crippen LogP contribution in [0.3, 0.4) is 0 Å². The third-order valence-corrected chi connectivity index (χ3v) is 3.37. The summed E-state index contributed by atoms with van der Waals surface area (Å²) >= 11 is 0. The minimum atomic E-state index is 0.781. The number of benzene rings is 1. The summed E-state index contributed by atoms with van der Waals surface area (Å²) in [7, 11) is 0. The van der Waals surface area contributed by atoms with E-state index >= 15 is 0 Å². The summed E-state index contributed by atoms with van der Waals surface area (Å²) in [6.07, 6.45) is 4.04. The largest absolute Gasteiger partial charge is 0.0588 e. The Labute approximate surface area is 81.0 Å². The second-order valence-corrected chi connectivity index (χ2v) is 4.38. The lowest BCUT2D eigenvalue weighted by atomic mass is 9.80. The highest BCUT2D eigenvalue weighted by Crippen LogP contribution is 2.34. The van der Waals surface area contributed by atoms with E-state index in [0.29, 0.717) is 0 Å². The molecule has 0 aliphatic heterocycles. The maximum Gasteiger partial charge on any atom is -0.0185 e. The van der Waals surface area contributed by atoms with Crippen LogP contribution < -0.4 is 0 Å². The molecule has 1 aliphatic carbocycles. The number of rotatable bonds is 0. The van der Waals surface area contributed by atoms with Crippen LogP contribution in [0, 0.1) is 13.8 Å². The third-order valence-electron chi connectivity index (χ3n) is 3.37. The SMILES string of the molecule is Cc1ccc(C)c2c1CCCC2C. The fourth-order valence-corrected chi connectivity index (χ4v) is 2.64. The fourth-order valence-electron chi connectivity index (χ4n) is 2.64. The lowest BCUT2D eigenvalue weighted by Crippen LogP contribution is -2.10. The summed E-state index contributed by atoms with van der Waals surface area (Å²) in [5.74, 6) is 0.781. The van der Waals surface area contributed by atoms with Gasteiger partial charge in [0, 0.05) is 0 Å². The number of hydrogen-bond donors (Lipinski definition) is 0. The van der Waals surface area contributed by atoms with Gasteiger partial charge in [-0.3, -0.25) is 0 Å². The zero-order valence-electron chi connectivity index (χ0n) is 8.85. The summed E-state index contributed by atoms with van der Waals surface area (Å²) in [5.41, 5.74) is 6.27. The fraction of sp³-hybridized carbons (Fsp3) is 0.538. The van der Waals surface area contributed by atoms with Gasteiger partial charge in [-0.05, 0) is 61.3 Å². The Kier molecular flexibility index (Phi) is 2.15. The van der Waals surface area contributed by atoms with Crippen molar-refractivity contribution in [1.82, 2.24) is 0 Å². The predicted molar refractivity (Wildman–Crippen MR) is 57.3 cm³/mol. The van der Waals surface area contributed by atoms with Gasteiger partial charge in [-0.2, -0.15) is 0 Å². The number of aryl methyl sites for hydroxylation is 2. The lowest BCUT2D eigenvalue weighted by molar-refractivity contribution is 0.585. The predicted octanol–water partition coefficient (Wildman–Crippen LogP) is 3.74. The number of fused-ring (bicyclic) bond motifs is 1. The van der Waals surface area contributed by atoms with Gasteiger partial charge in [0.1, 0.15) is 0 Å². The molecule has 13 heavy (non-hydrogen) atoms. The van der Waals surface area contributed by atoms with Crippen LogP contribution >= 0.6 is 0 Å². The summed E-state index contributed by atoms with van der Waals surface area (Å²) < 4.78 is 0. The van der Waals surface area contributed by atoms with Crippen molar-refractivity contribution in [3.63, 3.8) is 0 Å². The Morgan fingerprint density at radius 3 is 2.54 bits per heavy atom. The molecule has 0 fully saturated rings. The Morgan fingerprint density at radius 1 is 1.15 bits per heavy atom. The van der Waals surface area contributed by atoms with Gasteiger partial charge in [0.15, 0.2) is 0 Å². The molecular formula is C13H18. The molecule has 0 nitrogen and oxygen atoms in total. The van der Waals surface area contributed by atoms with Crippen LogP contribution in [0.1, 0.15) is 47.9 Å². The minimum absolute atomic E-state index is 0.781. The first-order valence-corrected chi connectivity index (χ1v) is 5.29. The normalized spacial score (nSPS) is 21.3. The molecule has 1 aromatic carbocycles. The first kappa shape index (κ1) is 8.80. The molecule has 1 atom stereocenters. The average Bonchev–Trinajstić information content (AvgIpc) is 2.12. The molecular weight excluding hydrogens is 156 g/mol. The first-order valence-electron chi connectivity index (χ1n) is 5.29. The molecule has 0 aromatic heterocycles. The molecule has 0 bridgehead atoms. The zero-order chi connectivity index (χ0) is 9.42. The van der Waals surface area contributed by atoms with Crippen molar-refractivity contribution in [1.29, 1.82) is 0 Å². The van der Waals surface area contributed by atoms with Crippen molar-refractivity contribution in [3.05, 3.63) is 34.4 Å². The van der Waals surface area contributed by atoms with Crippen LogP contribution in [0.4, 0.5) is 0 Å². The van der Waals surface area contributed by atoms with Crippen molar-refractivity contribution >= 4 is 0 Å². The van der Waals surface area contributed by atoms with Gasteiger partial charge >= 0.3 is 0 Å². The number of hydrogen-bond acceptors (Lipinski definition) is 0. The molecule has 0 N–H and O–H groups in total. The van der Waals surface area contributed by atoms with E-state index in [2.05, 4.69) is 32.9 Å². The second kappa shape index (κ2) is 3.17. The standard InChI is InChI=1S/C13H18/c1-9-7-8-11(3)13-10(2)5-4-6-12(9)13/h7-8,10H,4-6H2,1-3H3. The molecule has 0 spiro atoms. The quantitative estimate of drug-likeness (QED) is 0.562. The molecule has 0 saturated heterocycles. The van der Waals surface area contributed by atoms with Gasteiger partial charge in [0.05, 0.1) is 0 Å².